The van der Waals surface area contributed by atoms with Crippen LogP contribution in [0.4, 0.5) is 0 Å². The van der Waals surface area contributed by atoms with Crippen molar-refractivity contribution in [3.63, 3.8) is 0 Å². The average Bonchev–Trinajstić information content (AvgIpc) is 3.22. The first-order valence-corrected chi connectivity index (χ1v) is 9.17. The molecule has 118 valence electrons. The second-order valence-corrected chi connectivity index (χ2v) is 6.31. The summed E-state index contributed by atoms with van der Waals surface area (Å²) in [6.45, 7) is 7.82. The van der Waals surface area contributed by atoms with E-state index in [2.05, 4.69) is 43.7 Å². The van der Waals surface area contributed by atoms with Gasteiger partial charge in [0.05, 0.1) is 0 Å². The predicted molar refractivity (Wildman–Crippen MR) is 96.8 cm³/mol. The van der Waals surface area contributed by atoms with E-state index in [0.717, 1.165) is 6.42 Å². The molecule has 3 aromatic heterocycles. The summed E-state index contributed by atoms with van der Waals surface area (Å²) in [7, 11) is 0. The van der Waals surface area contributed by atoms with Gasteiger partial charge in [-0.05, 0) is 29.1 Å². The summed E-state index contributed by atoms with van der Waals surface area (Å²) < 4.78 is 0. The zero-order valence-corrected chi connectivity index (χ0v) is 18.7. The van der Waals surface area contributed by atoms with E-state index in [4.69, 9.17) is 0 Å². The van der Waals surface area contributed by atoms with Crippen LogP contribution >= 0.6 is 34.0 Å². The first-order valence-electron chi connectivity index (χ1n) is 6.47. The van der Waals surface area contributed by atoms with Gasteiger partial charge in [-0.2, -0.15) is 29.2 Å². The van der Waals surface area contributed by atoms with E-state index in [1.54, 1.807) is 34.0 Å². The van der Waals surface area contributed by atoms with Gasteiger partial charge < -0.3 is 30.7 Å². The number of unbranched alkanes of at least 4 members (excludes halogenated alkanes) is 1. The minimum Gasteiger partial charge on any atom is -1.00 e. The van der Waals surface area contributed by atoms with Gasteiger partial charge in [0, 0.05) is 4.88 Å². The molecule has 0 fully saturated rings. The normalized spacial score (nSPS) is 6.79. The molecule has 0 N–H and O–H groups in total. The number of rotatable bonds is 1. The van der Waals surface area contributed by atoms with Crippen molar-refractivity contribution >= 4 is 34.0 Å². The van der Waals surface area contributed by atoms with Crippen LogP contribution in [0.1, 0.15) is 24.6 Å². The van der Waals surface area contributed by atoms with Crippen molar-refractivity contribution in [3.05, 3.63) is 75.1 Å². The summed E-state index contributed by atoms with van der Waals surface area (Å²) in [5.74, 6) is 0. The number of thiophene rings is 3. The van der Waals surface area contributed by atoms with E-state index in [9.17, 15) is 0 Å². The molecule has 3 aromatic rings. The van der Waals surface area contributed by atoms with Crippen molar-refractivity contribution in [3.8, 4) is 0 Å². The van der Waals surface area contributed by atoms with Crippen molar-refractivity contribution in [1.82, 2.24) is 0 Å². The molecule has 0 aliphatic rings. The van der Waals surface area contributed by atoms with Gasteiger partial charge in [0.15, 0.2) is 0 Å². The van der Waals surface area contributed by atoms with Gasteiger partial charge >= 0.3 is 56.6 Å². The molecule has 0 aromatic carbocycles. The molecule has 0 nitrogen and oxygen atoms in total. The summed E-state index contributed by atoms with van der Waals surface area (Å²) >= 11 is 5.08. The predicted octanol–water partition coefficient (Wildman–Crippen LogP) is -5.01. The Hall–Kier alpha value is 1.18. The Labute approximate surface area is 202 Å². The Morgan fingerprint density at radius 2 is 1.54 bits per heavy atom. The summed E-state index contributed by atoms with van der Waals surface area (Å²) in [4.78, 5) is 1.38. The van der Waals surface area contributed by atoms with E-state index >= 15 is 0 Å². The molecule has 0 spiro atoms. The minimum atomic E-state index is 0. The Bertz CT molecular complexity index is 381. The Morgan fingerprint density at radius 3 is 1.67 bits per heavy atom. The maximum atomic E-state index is 3.60. The van der Waals surface area contributed by atoms with E-state index in [0.29, 0.717) is 0 Å². The van der Waals surface area contributed by atoms with Crippen molar-refractivity contribution in [2.45, 2.75) is 26.7 Å². The molecule has 0 bridgehead atoms. The second-order valence-electron chi connectivity index (χ2n) is 3.60. The van der Waals surface area contributed by atoms with E-state index in [-0.39, 0.29) is 69.0 Å². The molecule has 3 rings (SSSR count). The van der Waals surface area contributed by atoms with Gasteiger partial charge in [0.25, 0.3) is 0 Å². The van der Waals surface area contributed by atoms with Crippen LogP contribution in [-0.2, 0) is 0 Å². The molecular formula is C17H22ClLi3S3. The standard InChI is InChI=1S/C5H6S.C4H4S.C4H3S.C4H9.ClH.3Li/c1-5-3-2-4-6-5;2*1-2-4-5-3-1;1-3-4-2;;;;/h2-4H,1H3;1-4H;1-3H;1,3-4H2,2H3;1H;;;/q;;2*-1;;3*+1/p-1. The molecule has 0 saturated heterocycles. The van der Waals surface area contributed by atoms with E-state index in [1.165, 1.54) is 11.3 Å². The van der Waals surface area contributed by atoms with Crippen molar-refractivity contribution in [1.29, 1.82) is 0 Å². The molecule has 0 saturated carbocycles. The topological polar surface area (TPSA) is 0 Å². The first kappa shape index (κ1) is 36.2. The maximum Gasteiger partial charge on any atom is 1.00 e. The maximum absolute atomic E-state index is 3.60. The largest absolute Gasteiger partial charge is 1.00 e. The SMILES string of the molecule is Cc1cccs1.[CH2-]CCC.[Cl-].[Li+].[Li+].[Li+].[c-]1cccs1.c1ccsc1. The van der Waals surface area contributed by atoms with Gasteiger partial charge in [-0.25, -0.2) is 6.07 Å². The molecule has 0 amide bonds. The molecule has 7 heteroatoms. The summed E-state index contributed by atoms with van der Waals surface area (Å²) in [6, 6.07) is 12.1. The third kappa shape index (κ3) is 31.0. The second kappa shape index (κ2) is 31.9. The third-order valence-electron chi connectivity index (χ3n) is 1.82. The molecule has 0 unspecified atom stereocenters. The van der Waals surface area contributed by atoms with Crippen LogP contribution in [0.15, 0.2) is 57.9 Å². The van der Waals surface area contributed by atoms with Crippen LogP contribution in [0.2, 0.25) is 0 Å². The molecule has 0 atom stereocenters. The summed E-state index contributed by atoms with van der Waals surface area (Å²) in [6.07, 6.45) is 2.28. The number of hydrogen-bond acceptors (Lipinski definition) is 3. The van der Waals surface area contributed by atoms with Crippen LogP contribution in [0.5, 0.6) is 0 Å². The molecule has 0 aliphatic carbocycles. The number of halogens is 1. The molecular weight excluding hydrogens is 357 g/mol. The van der Waals surface area contributed by atoms with Gasteiger partial charge in [-0.15, -0.1) is 16.7 Å². The molecule has 0 radical (unpaired) electrons. The smallest absolute Gasteiger partial charge is 1.00 e. The van der Waals surface area contributed by atoms with Crippen LogP contribution in [-0.4, -0.2) is 0 Å². The number of hydrogen-bond donors (Lipinski definition) is 0. The van der Waals surface area contributed by atoms with E-state index < -0.39 is 0 Å². The Kier molecular flexibility index (Phi) is 48.1. The molecule has 3 heterocycles. The zero-order valence-electron chi connectivity index (χ0n) is 15.5. The van der Waals surface area contributed by atoms with Gasteiger partial charge in [0.1, 0.15) is 0 Å². The molecule has 24 heavy (non-hydrogen) atoms. The fourth-order valence-corrected chi connectivity index (χ4v) is 2.16. The summed E-state index contributed by atoms with van der Waals surface area (Å²) in [5.41, 5.74) is 0. The van der Waals surface area contributed by atoms with Gasteiger partial charge in [-0.1, -0.05) is 31.5 Å². The first-order chi connectivity index (χ1) is 9.81. The van der Waals surface area contributed by atoms with Crippen LogP contribution in [0.25, 0.3) is 0 Å². The van der Waals surface area contributed by atoms with Crippen LogP contribution in [0, 0.1) is 19.2 Å². The third-order valence-corrected chi connectivity index (χ3v) is 3.82. The number of aryl methyl sites for hydroxylation is 1. The van der Waals surface area contributed by atoms with Gasteiger partial charge in [-0.3, -0.25) is 0 Å². The van der Waals surface area contributed by atoms with Gasteiger partial charge in [0.2, 0.25) is 0 Å². The fraction of sp³-hybridized carbons (Fsp3) is 0.235. The van der Waals surface area contributed by atoms with Crippen LogP contribution in [0.3, 0.4) is 0 Å². The monoisotopic (exact) mass is 378 g/mol. The van der Waals surface area contributed by atoms with Crippen molar-refractivity contribution in [2.75, 3.05) is 0 Å². The fourth-order valence-electron chi connectivity index (χ4n) is 0.784. The average molecular weight is 379 g/mol. The Morgan fingerprint density at radius 1 is 0.958 bits per heavy atom. The van der Waals surface area contributed by atoms with Crippen molar-refractivity contribution < 1.29 is 69.0 Å². The zero-order chi connectivity index (χ0) is 14.9. The summed E-state index contributed by atoms with van der Waals surface area (Å²) in [5, 5.41) is 11.1. The quantitative estimate of drug-likeness (QED) is 0.294. The van der Waals surface area contributed by atoms with Crippen LogP contribution < -0.4 is 69.0 Å². The van der Waals surface area contributed by atoms with Crippen molar-refractivity contribution in [2.24, 2.45) is 0 Å². The van der Waals surface area contributed by atoms with E-state index in [1.807, 2.05) is 40.4 Å². The minimum absolute atomic E-state index is 0. The Balaban J connectivity index is -0.0000000639. The molecule has 0 aliphatic heterocycles.